The van der Waals surface area contributed by atoms with Crippen LogP contribution in [0.3, 0.4) is 0 Å². The Labute approximate surface area is 133 Å². The van der Waals surface area contributed by atoms with Crippen LogP contribution in [0, 0.1) is 5.82 Å². The lowest BCUT2D eigenvalue weighted by Crippen LogP contribution is -2.29. The van der Waals surface area contributed by atoms with Gasteiger partial charge in [-0.25, -0.2) is 12.8 Å². The summed E-state index contributed by atoms with van der Waals surface area (Å²) in [7, 11) is -3.72. The van der Waals surface area contributed by atoms with Crippen LogP contribution in [-0.4, -0.2) is 28.2 Å². The predicted molar refractivity (Wildman–Crippen MR) is 82.1 cm³/mol. The minimum absolute atomic E-state index is 0.138. The first-order valence-electron chi connectivity index (χ1n) is 7.26. The zero-order valence-corrected chi connectivity index (χ0v) is 13.0. The summed E-state index contributed by atoms with van der Waals surface area (Å²) in [6.07, 6.45) is 0.497. The molecule has 23 heavy (non-hydrogen) atoms. The smallest absolute Gasteiger partial charge is 0.264 e. The van der Waals surface area contributed by atoms with E-state index in [1.165, 1.54) is 34.6 Å². The van der Waals surface area contributed by atoms with E-state index in [1.807, 2.05) is 0 Å². The first-order chi connectivity index (χ1) is 11.1. The molecule has 120 valence electrons. The van der Waals surface area contributed by atoms with Crippen LogP contribution in [0.2, 0.25) is 0 Å². The molecule has 2 aliphatic rings. The minimum atomic E-state index is -3.72. The van der Waals surface area contributed by atoms with Gasteiger partial charge >= 0.3 is 0 Å². The highest BCUT2D eigenvalue weighted by Gasteiger charge is 2.32. The van der Waals surface area contributed by atoms with E-state index in [4.69, 9.17) is 9.47 Å². The SMILES string of the molecule is O=S(=O)(c1ccc2c(c1)OCCO2)N1CCc2cc(F)ccc21. The average Bonchev–Trinajstić information content (AvgIpc) is 2.98. The first-order valence-corrected chi connectivity index (χ1v) is 8.70. The Kier molecular flexibility index (Phi) is 3.19. The van der Waals surface area contributed by atoms with Gasteiger partial charge in [-0.2, -0.15) is 0 Å². The van der Waals surface area contributed by atoms with Crippen molar-refractivity contribution in [3.8, 4) is 11.5 Å². The number of fused-ring (bicyclic) bond motifs is 2. The van der Waals surface area contributed by atoms with Crippen LogP contribution in [0.1, 0.15) is 5.56 Å². The highest BCUT2D eigenvalue weighted by Crippen LogP contribution is 2.37. The molecule has 0 amide bonds. The van der Waals surface area contributed by atoms with E-state index in [-0.39, 0.29) is 10.7 Å². The largest absolute Gasteiger partial charge is 0.486 e. The summed E-state index contributed by atoms with van der Waals surface area (Å²) in [4.78, 5) is 0.138. The third-order valence-electron chi connectivity index (χ3n) is 4.00. The van der Waals surface area contributed by atoms with E-state index in [0.29, 0.717) is 48.9 Å². The maximum Gasteiger partial charge on any atom is 0.264 e. The highest BCUT2D eigenvalue weighted by atomic mass is 32.2. The van der Waals surface area contributed by atoms with Gasteiger partial charge in [-0.05, 0) is 42.3 Å². The van der Waals surface area contributed by atoms with Crippen LogP contribution < -0.4 is 13.8 Å². The van der Waals surface area contributed by atoms with Crippen molar-refractivity contribution < 1.29 is 22.3 Å². The highest BCUT2D eigenvalue weighted by molar-refractivity contribution is 7.92. The number of benzene rings is 2. The summed E-state index contributed by atoms with van der Waals surface area (Å²) in [6.45, 7) is 1.14. The van der Waals surface area contributed by atoms with Crippen molar-refractivity contribution in [2.24, 2.45) is 0 Å². The molecule has 0 radical (unpaired) electrons. The van der Waals surface area contributed by atoms with Crippen molar-refractivity contribution in [1.29, 1.82) is 0 Å². The molecule has 0 fully saturated rings. The molecule has 0 bridgehead atoms. The molecular formula is C16H14FNO4S. The Balaban J connectivity index is 1.75. The van der Waals surface area contributed by atoms with Crippen LogP contribution >= 0.6 is 0 Å². The molecule has 7 heteroatoms. The van der Waals surface area contributed by atoms with E-state index in [9.17, 15) is 12.8 Å². The maximum absolute atomic E-state index is 13.3. The molecule has 2 heterocycles. The molecule has 2 aromatic carbocycles. The molecule has 0 saturated heterocycles. The van der Waals surface area contributed by atoms with E-state index >= 15 is 0 Å². The third kappa shape index (κ3) is 2.31. The monoisotopic (exact) mass is 335 g/mol. The van der Waals surface area contributed by atoms with Crippen molar-refractivity contribution in [3.05, 3.63) is 47.8 Å². The molecular weight excluding hydrogens is 321 g/mol. The predicted octanol–water partition coefficient (Wildman–Crippen LogP) is 2.35. The number of nitrogens with zero attached hydrogens (tertiary/aromatic N) is 1. The standard InChI is InChI=1S/C16H14FNO4S/c17-12-1-3-14-11(9-12)5-6-18(14)23(19,20)13-2-4-15-16(10-13)22-8-7-21-15/h1-4,9-10H,5-8H2. The van der Waals surface area contributed by atoms with Gasteiger partial charge in [-0.3, -0.25) is 4.31 Å². The quantitative estimate of drug-likeness (QED) is 0.845. The van der Waals surface area contributed by atoms with Crippen LogP contribution in [0.15, 0.2) is 41.3 Å². The summed E-state index contributed by atoms with van der Waals surface area (Å²) in [5.74, 6) is 0.609. The van der Waals surface area contributed by atoms with Crippen molar-refractivity contribution >= 4 is 15.7 Å². The first kappa shape index (κ1) is 14.3. The summed E-state index contributed by atoms with van der Waals surface area (Å²) >= 11 is 0. The Hall–Kier alpha value is -2.28. The molecule has 2 aromatic rings. The summed E-state index contributed by atoms with van der Waals surface area (Å²) < 4.78 is 51.3. The van der Waals surface area contributed by atoms with Crippen molar-refractivity contribution in [2.75, 3.05) is 24.1 Å². The molecule has 0 N–H and O–H groups in total. The van der Waals surface area contributed by atoms with Crippen LogP contribution in [-0.2, 0) is 16.4 Å². The van der Waals surface area contributed by atoms with Crippen molar-refractivity contribution in [2.45, 2.75) is 11.3 Å². The fourth-order valence-electron chi connectivity index (χ4n) is 2.90. The molecule has 5 nitrogen and oxygen atoms in total. The zero-order chi connectivity index (χ0) is 16.0. The van der Waals surface area contributed by atoms with E-state index in [0.717, 1.165) is 0 Å². The van der Waals surface area contributed by atoms with Gasteiger partial charge in [0.15, 0.2) is 11.5 Å². The molecule has 0 aromatic heterocycles. The Bertz CT molecular complexity index is 882. The lowest BCUT2D eigenvalue weighted by molar-refractivity contribution is 0.171. The normalized spacial score (nSPS) is 16.3. The molecule has 0 unspecified atom stereocenters. The molecule has 0 atom stereocenters. The molecule has 4 rings (SSSR count). The summed E-state index contributed by atoms with van der Waals surface area (Å²) in [5, 5.41) is 0. The second-order valence-electron chi connectivity index (χ2n) is 5.41. The van der Waals surface area contributed by atoms with Gasteiger partial charge in [-0.1, -0.05) is 0 Å². The van der Waals surface area contributed by atoms with Crippen molar-refractivity contribution in [3.63, 3.8) is 0 Å². The van der Waals surface area contributed by atoms with Crippen molar-refractivity contribution in [1.82, 2.24) is 0 Å². The zero-order valence-electron chi connectivity index (χ0n) is 12.2. The lowest BCUT2D eigenvalue weighted by Gasteiger charge is -2.22. The molecule has 0 spiro atoms. The van der Waals surface area contributed by atoms with Gasteiger partial charge in [0, 0.05) is 12.6 Å². The maximum atomic E-state index is 13.3. The number of sulfonamides is 1. The molecule has 0 aliphatic carbocycles. The van der Waals surface area contributed by atoms with E-state index in [1.54, 1.807) is 6.07 Å². The summed E-state index contributed by atoms with van der Waals surface area (Å²) in [6, 6.07) is 8.75. The fourth-order valence-corrected chi connectivity index (χ4v) is 4.42. The number of rotatable bonds is 2. The topological polar surface area (TPSA) is 55.8 Å². The molecule has 2 aliphatic heterocycles. The number of hydrogen-bond donors (Lipinski definition) is 0. The van der Waals surface area contributed by atoms with Crippen LogP contribution in [0.25, 0.3) is 0 Å². The Morgan fingerprint density at radius 1 is 1.00 bits per heavy atom. The van der Waals surface area contributed by atoms with Gasteiger partial charge in [0.2, 0.25) is 0 Å². The number of halogens is 1. The van der Waals surface area contributed by atoms with E-state index in [2.05, 4.69) is 0 Å². The Morgan fingerprint density at radius 2 is 1.78 bits per heavy atom. The number of ether oxygens (including phenoxy) is 2. The second-order valence-corrected chi connectivity index (χ2v) is 7.27. The third-order valence-corrected chi connectivity index (χ3v) is 5.81. The Morgan fingerprint density at radius 3 is 2.61 bits per heavy atom. The van der Waals surface area contributed by atoms with Gasteiger partial charge in [0.05, 0.1) is 10.6 Å². The number of anilines is 1. The van der Waals surface area contributed by atoms with Gasteiger partial charge in [0.1, 0.15) is 19.0 Å². The fraction of sp³-hybridized carbons (Fsp3) is 0.250. The van der Waals surface area contributed by atoms with Gasteiger partial charge < -0.3 is 9.47 Å². The number of hydrogen-bond acceptors (Lipinski definition) is 4. The van der Waals surface area contributed by atoms with Gasteiger partial charge in [-0.15, -0.1) is 0 Å². The van der Waals surface area contributed by atoms with Gasteiger partial charge in [0.25, 0.3) is 10.0 Å². The lowest BCUT2D eigenvalue weighted by atomic mass is 10.2. The molecule has 0 saturated carbocycles. The minimum Gasteiger partial charge on any atom is -0.486 e. The van der Waals surface area contributed by atoms with Crippen LogP contribution in [0.5, 0.6) is 11.5 Å². The van der Waals surface area contributed by atoms with E-state index < -0.39 is 10.0 Å². The second kappa shape index (κ2) is 5.13. The van der Waals surface area contributed by atoms with Crippen LogP contribution in [0.4, 0.5) is 10.1 Å². The summed E-state index contributed by atoms with van der Waals surface area (Å²) in [5.41, 5.74) is 1.23. The average molecular weight is 335 g/mol.